The monoisotopic (exact) mass is 321 g/mol. The first kappa shape index (κ1) is 18.0. The lowest BCUT2D eigenvalue weighted by molar-refractivity contribution is -0.136. The maximum atomic E-state index is 12.4. The number of rotatable bonds is 7. The van der Waals surface area contributed by atoms with Crippen LogP contribution in [0.3, 0.4) is 0 Å². The number of hydrogen-bond acceptors (Lipinski definition) is 5. The number of hydrogen-bond donors (Lipinski definition) is 5. The molecule has 1 amide bonds. The van der Waals surface area contributed by atoms with Gasteiger partial charge in [-0.05, 0) is 19.1 Å². The molecule has 124 valence electrons. The van der Waals surface area contributed by atoms with E-state index in [1.54, 1.807) is 0 Å². The number of Topliss-reactive ketones (excluding diaryl/α,β-unsaturated/α-hetero) is 1. The number of carboxylic acids is 1. The smallest absolute Gasteiger partial charge is 0.305 e. The molecule has 8 N–H and O–H groups in total. The van der Waals surface area contributed by atoms with Gasteiger partial charge in [0, 0.05) is 12.2 Å². The lowest BCUT2D eigenvalue weighted by atomic mass is 9.97. The van der Waals surface area contributed by atoms with Crippen LogP contribution in [0.25, 0.3) is 0 Å². The lowest BCUT2D eigenvalue weighted by Crippen LogP contribution is -2.31. The van der Waals surface area contributed by atoms with Crippen LogP contribution in [0.5, 0.6) is 0 Å². The molecule has 0 aromatic heterocycles. The van der Waals surface area contributed by atoms with E-state index in [0.717, 1.165) is 0 Å². The normalized spacial score (nSPS) is 11.3. The molecule has 0 aliphatic rings. The zero-order chi connectivity index (χ0) is 17.6. The quantitative estimate of drug-likeness (QED) is 0.191. The van der Waals surface area contributed by atoms with Gasteiger partial charge in [0.25, 0.3) is 5.91 Å². The number of carboxylic acid groups (broad SMARTS) is 1. The number of benzene rings is 1. The van der Waals surface area contributed by atoms with Crippen LogP contribution in [0.15, 0.2) is 23.2 Å². The summed E-state index contributed by atoms with van der Waals surface area (Å²) in [6.07, 6.45) is -0.234. The molecule has 0 aliphatic heterocycles. The fourth-order valence-electron chi connectivity index (χ4n) is 1.90. The van der Waals surface area contributed by atoms with Gasteiger partial charge in [-0.3, -0.25) is 14.4 Å². The molecule has 0 fully saturated rings. The number of nitrogen functional groups attached to an aromatic ring is 1. The maximum absolute atomic E-state index is 12.4. The topological polar surface area (TPSA) is 174 Å². The Kier molecular flexibility index (Phi) is 6.07. The highest BCUT2D eigenvalue weighted by Crippen LogP contribution is 2.20. The van der Waals surface area contributed by atoms with E-state index in [-0.39, 0.29) is 35.7 Å². The Labute approximate surface area is 132 Å². The van der Waals surface area contributed by atoms with Crippen molar-refractivity contribution >= 4 is 29.3 Å². The molecule has 1 aromatic carbocycles. The first-order valence-electron chi connectivity index (χ1n) is 6.75. The fraction of sp³-hybridized carbons (Fsp3) is 0.286. The Morgan fingerprint density at radius 2 is 1.96 bits per heavy atom. The van der Waals surface area contributed by atoms with Gasteiger partial charge in [-0.15, -0.1) is 0 Å². The van der Waals surface area contributed by atoms with E-state index < -0.39 is 23.7 Å². The van der Waals surface area contributed by atoms with Gasteiger partial charge >= 0.3 is 5.97 Å². The number of guanidine groups is 1. The predicted octanol–water partition coefficient (Wildman–Crippen LogP) is -0.682. The van der Waals surface area contributed by atoms with E-state index in [9.17, 15) is 14.4 Å². The Hall–Kier alpha value is -3.10. The maximum Gasteiger partial charge on any atom is 0.305 e. The number of aliphatic imine (C=N–C) groups is 1. The van der Waals surface area contributed by atoms with Crippen molar-refractivity contribution in [1.29, 1.82) is 0 Å². The van der Waals surface area contributed by atoms with Gasteiger partial charge < -0.3 is 27.6 Å². The predicted molar refractivity (Wildman–Crippen MR) is 85.0 cm³/mol. The summed E-state index contributed by atoms with van der Waals surface area (Å²) < 4.78 is 0. The average molecular weight is 321 g/mol. The van der Waals surface area contributed by atoms with Gasteiger partial charge in [0.05, 0.1) is 17.5 Å². The Morgan fingerprint density at radius 3 is 2.52 bits per heavy atom. The van der Waals surface area contributed by atoms with Gasteiger partial charge in [0.15, 0.2) is 11.7 Å². The average Bonchev–Trinajstić information content (AvgIpc) is 2.45. The van der Waals surface area contributed by atoms with Crippen molar-refractivity contribution in [3.05, 3.63) is 29.3 Å². The summed E-state index contributed by atoms with van der Waals surface area (Å²) in [7, 11) is 0. The van der Waals surface area contributed by atoms with Crippen LogP contribution in [0, 0.1) is 0 Å². The van der Waals surface area contributed by atoms with Crippen molar-refractivity contribution in [3.8, 4) is 0 Å². The molecule has 0 aliphatic carbocycles. The summed E-state index contributed by atoms with van der Waals surface area (Å²) >= 11 is 0. The summed E-state index contributed by atoms with van der Waals surface area (Å²) in [5.74, 6) is -2.41. The summed E-state index contributed by atoms with van der Waals surface area (Å²) in [6.45, 7) is 1.40. The van der Waals surface area contributed by atoms with Crippen LogP contribution in [-0.2, 0) is 4.79 Å². The van der Waals surface area contributed by atoms with Crippen molar-refractivity contribution in [3.63, 3.8) is 0 Å². The number of nitrogens with zero attached hydrogens (tertiary/aromatic N) is 1. The van der Waals surface area contributed by atoms with Crippen molar-refractivity contribution in [2.45, 2.75) is 19.4 Å². The highest BCUT2D eigenvalue weighted by atomic mass is 16.4. The molecule has 0 radical (unpaired) electrons. The molecule has 0 heterocycles. The number of nitrogens with two attached hydrogens (primary N) is 3. The highest BCUT2D eigenvalue weighted by molar-refractivity contribution is 6.13. The lowest BCUT2D eigenvalue weighted by Gasteiger charge is -2.13. The molecular weight excluding hydrogens is 302 g/mol. The molecule has 0 saturated heterocycles. The van der Waals surface area contributed by atoms with Crippen LogP contribution in [-0.4, -0.2) is 41.3 Å². The summed E-state index contributed by atoms with van der Waals surface area (Å²) in [4.78, 5) is 38.8. The van der Waals surface area contributed by atoms with Gasteiger partial charge in [-0.2, -0.15) is 0 Å². The molecule has 0 saturated carbocycles. The third-order valence-corrected chi connectivity index (χ3v) is 2.93. The number of carbonyl (C=O) groups excluding carboxylic acids is 2. The standard InChI is InChI=1S/C14H19N5O4/c1-7(19-14(16)17)12(22)11-8(3-2-4-9(11)15)13(23)18-6-5-10(20)21/h2-4,7H,5-6,15H2,1H3,(H,18,23)(H,20,21)(H4,16,17,19)/t7-/m0/s1. The molecule has 9 heteroatoms. The Balaban J connectivity index is 3.08. The number of anilines is 1. The second-order valence-corrected chi connectivity index (χ2v) is 4.76. The number of nitrogens with one attached hydrogen (secondary N) is 1. The van der Waals surface area contributed by atoms with Crippen LogP contribution in [0.2, 0.25) is 0 Å². The summed E-state index contributed by atoms with van der Waals surface area (Å²) in [6, 6.07) is 3.50. The molecule has 1 aromatic rings. The van der Waals surface area contributed by atoms with E-state index in [1.165, 1.54) is 25.1 Å². The van der Waals surface area contributed by atoms with Crippen molar-refractivity contribution in [2.24, 2.45) is 16.5 Å². The molecule has 1 rings (SSSR count). The summed E-state index contributed by atoms with van der Waals surface area (Å²) in [5, 5.41) is 11.0. The van der Waals surface area contributed by atoms with E-state index in [2.05, 4.69) is 10.3 Å². The molecule has 9 nitrogen and oxygen atoms in total. The van der Waals surface area contributed by atoms with Gasteiger partial charge in [0.2, 0.25) is 0 Å². The minimum atomic E-state index is -1.05. The third-order valence-electron chi connectivity index (χ3n) is 2.93. The first-order valence-corrected chi connectivity index (χ1v) is 6.75. The van der Waals surface area contributed by atoms with Crippen LogP contribution >= 0.6 is 0 Å². The van der Waals surface area contributed by atoms with E-state index in [1.807, 2.05) is 0 Å². The second-order valence-electron chi connectivity index (χ2n) is 4.76. The zero-order valence-corrected chi connectivity index (χ0v) is 12.6. The Bertz CT molecular complexity index is 653. The Morgan fingerprint density at radius 1 is 1.30 bits per heavy atom. The van der Waals surface area contributed by atoms with Gasteiger partial charge in [0.1, 0.15) is 6.04 Å². The number of amides is 1. The molecule has 0 spiro atoms. The zero-order valence-electron chi connectivity index (χ0n) is 12.6. The van der Waals surface area contributed by atoms with Gasteiger partial charge in [-0.1, -0.05) is 6.07 Å². The highest BCUT2D eigenvalue weighted by Gasteiger charge is 2.23. The molecular formula is C14H19N5O4. The third kappa shape index (κ3) is 4.99. The van der Waals surface area contributed by atoms with E-state index >= 15 is 0 Å². The molecule has 1 atom stereocenters. The van der Waals surface area contributed by atoms with E-state index in [4.69, 9.17) is 22.3 Å². The summed E-state index contributed by atoms with van der Waals surface area (Å²) in [5.41, 5.74) is 16.4. The molecule has 0 bridgehead atoms. The molecule has 23 heavy (non-hydrogen) atoms. The minimum absolute atomic E-state index is 0.00201. The van der Waals surface area contributed by atoms with Crippen molar-refractivity contribution < 1.29 is 19.5 Å². The second kappa shape index (κ2) is 7.78. The fourth-order valence-corrected chi connectivity index (χ4v) is 1.90. The van der Waals surface area contributed by atoms with Crippen molar-refractivity contribution in [2.75, 3.05) is 12.3 Å². The van der Waals surface area contributed by atoms with Crippen LogP contribution in [0.1, 0.15) is 34.1 Å². The van der Waals surface area contributed by atoms with Crippen molar-refractivity contribution in [1.82, 2.24) is 5.32 Å². The first-order chi connectivity index (χ1) is 10.7. The number of carbonyl (C=O) groups is 3. The molecule has 0 unspecified atom stereocenters. The van der Waals surface area contributed by atoms with Crippen LogP contribution in [0.4, 0.5) is 5.69 Å². The number of aliphatic carboxylic acids is 1. The van der Waals surface area contributed by atoms with Crippen LogP contribution < -0.4 is 22.5 Å². The van der Waals surface area contributed by atoms with Gasteiger partial charge in [-0.25, -0.2) is 4.99 Å². The minimum Gasteiger partial charge on any atom is -0.481 e. The SMILES string of the molecule is C[C@H](N=C(N)N)C(=O)c1c(N)cccc1C(=O)NCCC(=O)O. The largest absolute Gasteiger partial charge is 0.481 e. The van der Waals surface area contributed by atoms with E-state index in [0.29, 0.717) is 0 Å². The number of ketones is 1.